The van der Waals surface area contributed by atoms with Crippen molar-refractivity contribution in [3.05, 3.63) is 117 Å². The van der Waals surface area contributed by atoms with Crippen molar-refractivity contribution < 1.29 is 51.9 Å². The summed E-state index contributed by atoms with van der Waals surface area (Å²) in [4.78, 5) is 63.1. The summed E-state index contributed by atoms with van der Waals surface area (Å²) in [6.07, 6.45) is -2.55. The maximum Gasteiger partial charge on any atom is 0.488 e. The molecule has 3 fully saturated rings. The largest absolute Gasteiger partial charge is 0.488 e. The molecule has 55 heavy (non-hydrogen) atoms. The van der Waals surface area contributed by atoms with E-state index in [1.807, 2.05) is 0 Å². The number of alkyl halides is 3. The third-order valence-electron chi connectivity index (χ3n) is 11.1. The average molecular weight is 795 g/mol. The van der Waals surface area contributed by atoms with Crippen LogP contribution in [0.25, 0.3) is 0 Å². The molecule has 0 radical (unpaired) electrons. The molecular weight excluding hydrogens is 767 g/mol. The number of hydrazine groups is 1. The number of anilines is 2. The van der Waals surface area contributed by atoms with Crippen molar-refractivity contribution in [2.45, 2.75) is 37.0 Å². The van der Waals surface area contributed by atoms with E-state index in [0.29, 0.717) is 33.4 Å². The van der Waals surface area contributed by atoms with Crippen LogP contribution in [0.1, 0.15) is 41.4 Å². The third kappa shape index (κ3) is 5.69. The van der Waals surface area contributed by atoms with Gasteiger partial charge in [-0.15, -0.1) is 0 Å². The number of rotatable bonds is 7. The zero-order valence-electron chi connectivity index (χ0n) is 28.2. The Labute approximate surface area is 320 Å². The number of aromatic nitrogens is 1. The van der Waals surface area contributed by atoms with E-state index in [1.165, 1.54) is 42.5 Å². The van der Waals surface area contributed by atoms with E-state index in [2.05, 4.69) is 10.4 Å². The van der Waals surface area contributed by atoms with Crippen molar-refractivity contribution in [3.63, 3.8) is 0 Å². The summed E-state index contributed by atoms with van der Waals surface area (Å²) in [7, 11) is -1.87. The van der Waals surface area contributed by atoms with Crippen molar-refractivity contribution >= 4 is 70.9 Å². The van der Waals surface area contributed by atoms with Crippen LogP contribution in [0.15, 0.2) is 89.0 Å². The van der Waals surface area contributed by atoms with Gasteiger partial charge >= 0.3 is 13.3 Å². The summed E-state index contributed by atoms with van der Waals surface area (Å²) in [6.45, 7) is -0.501. The molecule has 282 valence electrons. The van der Waals surface area contributed by atoms with Gasteiger partial charge in [-0.3, -0.25) is 29.5 Å². The van der Waals surface area contributed by atoms with Gasteiger partial charge in [-0.2, -0.15) is 18.2 Å². The first-order valence-corrected chi connectivity index (χ1v) is 17.8. The molecule has 4 aliphatic rings. The number of hydrogen-bond acceptors (Lipinski definition) is 10. The van der Waals surface area contributed by atoms with E-state index in [9.17, 15) is 42.7 Å². The second-order valence-electron chi connectivity index (χ2n) is 13.9. The first kappa shape index (κ1) is 37.0. The number of hydrogen-bond donors (Lipinski definition) is 4. The molecule has 4 amide bonds. The summed E-state index contributed by atoms with van der Waals surface area (Å²) < 4.78 is 46.4. The first-order valence-electron chi connectivity index (χ1n) is 17.0. The quantitative estimate of drug-likeness (QED) is 0.120. The van der Waals surface area contributed by atoms with E-state index in [4.69, 9.17) is 27.6 Å². The van der Waals surface area contributed by atoms with E-state index in [1.54, 1.807) is 24.3 Å². The Morgan fingerprint density at radius 1 is 0.964 bits per heavy atom. The minimum Gasteiger partial charge on any atom is -0.463 e. The van der Waals surface area contributed by atoms with Crippen LogP contribution in [0.2, 0.25) is 10.0 Å². The van der Waals surface area contributed by atoms with Gasteiger partial charge in [0.05, 0.1) is 39.9 Å². The predicted octanol–water partition coefficient (Wildman–Crippen LogP) is 4.36. The molecule has 18 heteroatoms. The number of halogens is 5. The number of allylic oxidation sites excluding steroid dienone is 2. The number of carbonyl (C=O) groups excluding carboxylic acids is 4. The Kier molecular flexibility index (Phi) is 8.96. The number of imide groups is 2. The molecule has 0 unspecified atom stereocenters. The lowest BCUT2D eigenvalue weighted by atomic mass is 9.50. The second-order valence-corrected chi connectivity index (χ2v) is 14.7. The summed E-state index contributed by atoms with van der Waals surface area (Å²) in [6, 6.07) is 15.6. The fourth-order valence-electron chi connectivity index (χ4n) is 8.80. The molecule has 2 aliphatic heterocycles. The molecule has 0 spiro atoms. The molecule has 1 saturated carbocycles. The van der Waals surface area contributed by atoms with Gasteiger partial charge in [0.15, 0.2) is 5.82 Å². The first-order chi connectivity index (χ1) is 26.2. The molecule has 2 saturated heterocycles. The number of aliphatic hydroxyl groups excluding tert-OH is 1. The molecule has 4 N–H and O–H groups in total. The lowest BCUT2D eigenvalue weighted by Crippen LogP contribution is -2.53. The highest BCUT2D eigenvalue weighted by Gasteiger charge is 2.71. The average Bonchev–Trinajstić information content (AvgIpc) is 3.79. The van der Waals surface area contributed by atoms with Crippen LogP contribution >= 0.6 is 23.2 Å². The van der Waals surface area contributed by atoms with Gasteiger partial charge in [0.25, 0.3) is 11.8 Å². The van der Waals surface area contributed by atoms with Gasteiger partial charge in [-0.1, -0.05) is 59.1 Å². The summed E-state index contributed by atoms with van der Waals surface area (Å²) in [5.74, 6) is -7.90. The van der Waals surface area contributed by atoms with E-state index >= 15 is 4.79 Å². The molecule has 6 atom stereocenters. The second kappa shape index (κ2) is 13.3. The number of pyridine rings is 1. The van der Waals surface area contributed by atoms with Gasteiger partial charge < -0.3 is 19.6 Å². The van der Waals surface area contributed by atoms with Crippen LogP contribution < -0.4 is 15.8 Å². The smallest absolute Gasteiger partial charge is 0.463 e. The zero-order valence-corrected chi connectivity index (χ0v) is 29.7. The maximum atomic E-state index is 15.2. The minimum atomic E-state index is -4.77. The highest BCUT2D eigenvalue weighted by Crippen LogP contribution is 2.64. The number of nitrogens with one attached hydrogen (secondary N) is 1. The zero-order chi connectivity index (χ0) is 39.1. The number of fused-ring (bicyclic) bond motifs is 4. The normalized spacial score (nSPS) is 26.2. The molecule has 2 aliphatic carbocycles. The van der Waals surface area contributed by atoms with Gasteiger partial charge in [0.1, 0.15) is 23.5 Å². The molecule has 4 aromatic rings. The van der Waals surface area contributed by atoms with Crippen molar-refractivity contribution in [3.8, 4) is 0 Å². The van der Waals surface area contributed by atoms with E-state index in [0.717, 1.165) is 4.90 Å². The monoisotopic (exact) mass is 794 g/mol. The Bertz CT molecular complexity index is 2300. The van der Waals surface area contributed by atoms with Crippen LogP contribution in [0.3, 0.4) is 0 Å². The third-order valence-corrected chi connectivity index (χ3v) is 11.6. The Balaban J connectivity index is 1.28. The van der Waals surface area contributed by atoms with Crippen LogP contribution in [-0.2, 0) is 37.4 Å². The van der Waals surface area contributed by atoms with Gasteiger partial charge in [0.2, 0.25) is 11.8 Å². The molecule has 2 aromatic carbocycles. The van der Waals surface area contributed by atoms with Crippen molar-refractivity contribution in [2.24, 2.45) is 23.7 Å². The highest BCUT2D eigenvalue weighted by atomic mass is 35.5. The lowest BCUT2D eigenvalue weighted by Gasteiger charge is -2.49. The van der Waals surface area contributed by atoms with Crippen molar-refractivity contribution in [1.29, 1.82) is 0 Å². The summed E-state index contributed by atoms with van der Waals surface area (Å²) in [5, 5.41) is 30.0. The minimum absolute atomic E-state index is 0.0556. The molecule has 2 aromatic heterocycles. The van der Waals surface area contributed by atoms with Crippen LogP contribution in [0, 0.1) is 23.7 Å². The lowest BCUT2D eigenvalue weighted by molar-refractivity contribution is -0.139. The number of amides is 4. The standard InChI is InChI=1S/C37H28BCl2F3N4O8/c39-20-6-4-17(5-7-20)36-26(33(50)47(35(36)52)45-31-27(40)12-18(15-44-31)37(41,42)43)14-25-23(30(36)28-11-8-22(16-48)55-28)9-10-24-29(25)34(51)46(32(24)49)21-3-1-2-19(13-21)38(53)54/h1-9,11-13,15,24-26,29-30,48,53-54H,10,14,16H2,(H,44,45)/t24-,25+,26-,29-,30+,36+/m0/s1. The molecule has 4 heterocycles. The number of carbonyl (C=O) groups is 4. The van der Waals surface area contributed by atoms with Crippen LogP contribution in [-0.4, -0.2) is 55.9 Å². The molecule has 12 nitrogen and oxygen atoms in total. The van der Waals surface area contributed by atoms with Crippen molar-refractivity contribution in [2.75, 3.05) is 10.3 Å². The number of benzene rings is 2. The van der Waals surface area contributed by atoms with Gasteiger partial charge in [0, 0.05) is 11.2 Å². The summed E-state index contributed by atoms with van der Waals surface area (Å²) >= 11 is 12.5. The van der Waals surface area contributed by atoms with Gasteiger partial charge in [-0.25, -0.2) is 4.98 Å². The Hall–Kier alpha value is -5.00. The Morgan fingerprint density at radius 3 is 2.36 bits per heavy atom. The van der Waals surface area contributed by atoms with Crippen LogP contribution in [0.5, 0.6) is 0 Å². The van der Waals surface area contributed by atoms with Crippen molar-refractivity contribution in [1.82, 2.24) is 9.99 Å². The number of nitrogens with zero attached hydrogens (tertiary/aromatic N) is 3. The Morgan fingerprint density at radius 2 is 1.71 bits per heavy atom. The predicted molar refractivity (Wildman–Crippen MR) is 190 cm³/mol. The topological polar surface area (TPSA) is 174 Å². The van der Waals surface area contributed by atoms with E-state index < -0.39 is 94.9 Å². The molecule has 8 rings (SSSR count). The molecule has 0 bridgehead atoms. The van der Waals surface area contributed by atoms with Crippen LogP contribution in [0.4, 0.5) is 24.7 Å². The van der Waals surface area contributed by atoms with E-state index in [-0.39, 0.29) is 35.5 Å². The fraction of sp³-hybridized carbons (Fsp3) is 0.270. The maximum absolute atomic E-state index is 15.2. The molecular formula is C37H28BCl2F3N4O8. The SMILES string of the molecule is O=C1[C@@H]2C[C@@H]3C(=CC[C@@H]4C(=O)N(c5cccc(B(O)O)c5)C(=O)[C@@H]43)[C@H](c3ccc(CO)o3)[C@]2(c2ccc(Cl)cc2)C(=O)N1Nc1ncc(C(F)(F)F)cc1Cl. The number of furan rings is 1. The summed E-state index contributed by atoms with van der Waals surface area (Å²) in [5.41, 5.74) is 0.639. The fourth-order valence-corrected chi connectivity index (χ4v) is 9.14. The van der Waals surface area contributed by atoms with Gasteiger partial charge in [-0.05, 0) is 72.3 Å². The number of aliphatic hydroxyl groups is 1. The highest BCUT2D eigenvalue weighted by molar-refractivity contribution is 6.58.